The van der Waals surface area contributed by atoms with Crippen LogP contribution < -0.4 is 4.90 Å². The topological polar surface area (TPSA) is 23.6 Å². The van der Waals surface area contributed by atoms with Crippen molar-refractivity contribution in [1.82, 2.24) is 4.90 Å². The average Bonchev–Trinajstić information content (AvgIpc) is 2.20. The molecule has 2 rings (SSSR count). The Hall–Kier alpha value is -1.06. The number of piperazine rings is 1. The Balaban J connectivity index is 2.17. The molecular weight excluding hydrogens is 212 g/mol. The second-order valence-electron chi connectivity index (χ2n) is 3.76. The summed E-state index contributed by atoms with van der Waals surface area (Å²) in [7, 11) is 1.96. The molecule has 3 nitrogen and oxygen atoms in total. The molecule has 1 saturated heterocycles. The van der Waals surface area contributed by atoms with E-state index in [1.165, 1.54) is 0 Å². The third-order valence-electron chi connectivity index (χ3n) is 2.55. The van der Waals surface area contributed by atoms with Gasteiger partial charge in [0.25, 0.3) is 0 Å². The van der Waals surface area contributed by atoms with Gasteiger partial charge in [0.15, 0.2) is 0 Å². The van der Waals surface area contributed by atoms with Gasteiger partial charge in [0.2, 0.25) is 5.91 Å². The molecule has 1 heterocycles. The van der Waals surface area contributed by atoms with Crippen molar-refractivity contribution in [2.75, 3.05) is 31.6 Å². The fourth-order valence-electron chi connectivity index (χ4n) is 1.68. The predicted octanol–water partition coefficient (Wildman–Crippen LogP) is 1.62. The van der Waals surface area contributed by atoms with E-state index in [1.807, 2.05) is 36.2 Å². The molecule has 0 saturated carbocycles. The predicted molar refractivity (Wildman–Crippen MR) is 61.3 cm³/mol. The van der Waals surface area contributed by atoms with E-state index >= 15 is 0 Å². The van der Waals surface area contributed by atoms with E-state index in [4.69, 9.17) is 11.6 Å². The van der Waals surface area contributed by atoms with Crippen molar-refractivity contribution in [1.29, 1.82) is 0 Å². The van der Waals surface area contributed by atoms with Gasteiger partial charge in [-0.05, 0) is 31.3 Å². The fourth-order valence-corrected chi connectivity index (χ4v) is 1.81. The number of carbonyl (C=O) groups excluding carboxylic acids is 1. The third kappa shape index (κ3) is 2.30. The summed E-state index contributed by atoms with van der Waals surface area (Å²) >= 11 is 5.80. The molecule has 0 unspecified atom stereocenters. The van der Waals surface area contributed by atoms with E-state index < -0.39 is 0 Å². The summed E-state index contributed by atoms with van der Waals surface area (Å²) in [5.74, 6) is 0.145. The summed E-state index contributed by atoms with van der Waals surface area (Å²) in [4.78, 5) is 15.6. The van der Waals surface area contributed by atoms with E-state index in [0.717, 1.165) is 18.8 Å². The highest BCUT2D eigenvalue weighted by Gasteiger charge is 2.22. The van der Waals surface area contributed by atoms with Crippen molar-refractivity contribution >= 4 is 23.2 Å². The zero-order valence-electron chi connectivity index (χ0n) is 8.61. The number of nitrogens with zero attached hydrogens (tertiary/aromatic N) is 2. The molecule has 80 valence electrons. The Kier molecular flexibility index (Phi) is 2.93. The number of hydrogen-bond donors (Lipinski definition) is 0. The summed E-state index contributed by atoms with van der Waals surface area (Å²) in [6, 6.07) is 7.38. The lowest BCUT2D eigenvalue weighted by molar-refractivity contribution is -0.120. The summed E-state index contributed by atoms with van der Waals surface area (Å²) in [6.07, 6.45) is 0. The minimum atomic E-state index is 0.145. The zero-order valence-corrected chi connectivity index (χ0v) is 9.37. The first-order valence-corrected chi connectivity index (χ1v) is 5.29. The van der Waals surface area contributed by atoms with Gasteiger partial charge in [0, 0.05) is 23.8 Å². The first-order chi connectivity index (χ1) is 7.16. The molecule has 1 aliphatic heterocycles. The normalized spacial score (nSPS) is 18.3. The molecule has 1 amide bonds. The molecule has 1 aromatic rings. The quantitative estimate of drug-likeness (QED) is 0.724. The van der Waals surface area contributed by atoms with Crippen LogP contribution in [0, 0.1) is 0 Å². The zero-order chi connectivity index (χ0) is 10.8. The van der Waals surface area contributed by atoms with Crippen LogP contribution in [0.25, 0.3) is 0 Å². The SMILES string of the molecule is CN1CCN(c2ccc(Cl)cc2)C(=O)C1. The van der Waals surface area contributed by atoms with Crippen molar-refractivity contribution in [2.24, 2.45) is 0 Å². The first kappa shape index (κ1) is 10.5. The molecule has 0 aliphatic carbocycles. The van der Waals surface area contributed by atoms with Crippen LogP contribution in [0.2, 0.25) is 5.02 Å². The minimum absolute atomic E-state index is 0.145. The van der Waals surface area contributed by atoms with Crippen LogP contribution in [0.5, 0.6) is 0 Å². The molecule has 1 aliphatic rings. The molecule has 0 bridgehead atoms. The summed E-state index contributed by atoms with van der Waals surface area (Å²) in [6.45, 7) is 2.15. The molecule has 0 spiro atoms. The fraction of sp³-hybridized carbons (Fsp3) is 0.364. The second-order valence-corrected chi connectivity index (χ2v) is 4.20. The number of anilines is 1. The van der Waals surface area contributed by atoms with Crippen molar-refractivity contribution < 1.29 is 4.79 Å². The van der Waals surface area contributed by atoms with Crippen molar-refractivity contribution in [3.63, 3.8) is 0 Å². The van der Waals surface area contributed by atoms with Gasteiger partial charge in [-0.1, -0.05) is 11.6 Å². The Morgan fingerprint density at radius 3 is 2.47 bits per heavy atom. The molecule has 0 atom stereocenters. The van der Waals surface area contributed by atoms with Gasteiger partial charge in [-0.2, -0.15) is 0 Å². The van der Waals surface area contributed by atoms with Crippen LogP contribution in [0.15, 0.2) is 24.3 Å². The summed E-state index contributed by atoms with van der Waals surface area (Å²) < 4.78 is 0. The van der Waals surface area contributed by atoms with E-state index in [1.54, 1.807) is 4.90 Å². The minimum Gasteiger partial charge on any atom is -0.310 e. The second kappa shape index (κ2) is 4.21. The number of rotatable bonds is 1. The lowest BCUT2D eigenvalue weighted by atomic mass is 10.2. The maximum Gasteiger partial charge on any atom is 0.241 e. The van der Waals surface area contributed by atoms with Crippen LogP contribution >= 0.6 is 11.6 Å². The Morgan fingerprint density at radius 1 is 1.20 bits per heavy atom. The molecule has 15 heavy (non-hydrogen) atoms. The maximum atomic E-state index is 11.7. The van der Waals surface area contributed by atoms with Gasteiger partial charge in [-0.15, -0.1) is 0 Å². The van der Waals surface area contributed by atoms with Gasteiger partial charge in [-0.25, -0.2) is 0 Å². The number of amides is 1. The Labute approximate surface area is 94.2 Å². The number of benzene rings is 1. The highest BCUT2D eigenvalue weighted by atomic mass is 35.5. The van der Waals surface area contributed by atoms with Gasteiger partial charge >= 0.3 is 0 Å². The van der Waals surface area contributed by atoms with Crippen molar-refractivity contribution in [3.8, 4) is 0 Å². The van der Waals surface area contributed by atoms with E-state index in [2.05, 4.69) is 0 Å². The van der Waals surface area contributed by atoms with Gasteiger partial charge < -0.3 is 4.90 Å². The monoisotopic (exact) mass is 224 g/mol. The number of carbonyl (C=O) groups is 1. The number of hydrogen-bond acceptors (Lipinski definition) is 2. The van der Waals surface area contributed by atoms with Gasteiger partial charge in [0.1, 0.15) is 0 Å². The summed E-state index contributed by atoms with van der Waals surface area (Å²) in [5.41, 5.74) is 0.928. The first-order valence-electron chi connectivity index (χ1n) is 4.91. The molecule has 0 aromatic heterocycles. The molecule has 0 N–H and O–H groups in total. The molecule has 4 heteroatoms. The number of halogens is 1. The average molecular weight is 225 g/mol. The lowest BCUT2D eigenvalue weighted by Crippen LogP contribution is -2.48. The lowest BCUT2D eigenvalue weighted by Gasteiger charge is -2.32. The summed E-state index contributed by atoms with van der Waals surface area (Å²) in [5, 5.41) is 0.695. The molecule has 0 radical (unpaired) electrons. The molecule has 1 fully saturated rings. The maximum absolute atomic E-state index is 11.7. The highest BCUT2D eigenvalue weighted by Crippen LogP contribution is 2.19. The van der Waals surface area contributed by atoms with E-state index in [0.29, 0.717) is 11.6 Å². The van der Waals surface area contributed by atoms with E-state index in [-0.39, 0.29) is 5.91 Å². The van der Waals surface area contributed by atoms with Gasteiger partial charge in [0.05, 0.1) is 6.54 Å². The van der Waals surface area contributed by atoms with Crippen LogP contribution in [0.4, 0.5) is 5.69 Å². The largest absolute Gasteiger partial charge is 0.310 e. The van der Waals surface area contributed by atoms with Crippen LogP contribution in [0.1, 0.15) is 0 Å². The van der Waals surface area contributed by atoms with E-state index in [9.17, 15) is 4.79 Å². The standard InChI is InChI=1S/C11H13ClN2O/c1-13-6-7-14(11(15)8-13)10-4-2-9(12)3-5-10/h2-5H,6-8H2,1H3. The third-order valence-corrected chi connectivity index (χ3v) is 2.80. The van der Waals surface area contributed by atoms with Crippen LogP contribution in [0.3, 0.4) is 0 Å². The Bertz CT molecular complexity index is 363. The van der Waals surface area contributed by atoms with Crippen LogP contribution in [-0.4, -0.2) is 37.5 Å². The molecule has 1 aromatic carbocycles. The van der Waals surface area contributed by atoms with Crippen molar-refractivity contribution in [2.45, 2.75) is 0 Å². The van der Waals surface area contributed by atoms with Crippen molar-refractivity contribution in [3.05, 3.63) is 29.3 Å². The molecular formula is C11H13ClN2O. The number of likely N-dealkylation sites (N-methyl/N-ethyl adjacent to an activating group) is 1. The Morgan fingerprint density at radius 2 is 1.87 bits per heavy atom. The smallest absolute Gasteiger partial charge is 0.241 e. The highest BCUT2D eigenvalue weighted by molar-refractivity contribution is 6.30. The van der Waals surface area contributed by atoms with Gasteiger partial charge in [-0.3, -0.25) is 9.69 Å². The van der Waals surface area contributed by atoms with Crippen LogP contribution in [-0.2, 0) is 4.79 Å².